The van der Waals surface area contributed by atoms with Crippen molar-refractivity contribution in [3.05, 3.63) is 18.0 Å². The molecule has 1 heterocycles. The number of carbonyl (C=O) groups is 1. The van der Waals surface area contributed by atoms with Gasteiger partial charge in [-0.3, -0.25) is 4.79 Å². The normalized spacial score (nSPS) is 12.5. The molecule has 0 spiro atoms. The van der Waals surface area contributed by atoms with Crippen molar-refractivity contribution in [1.29, 1.82) is 0 Å². The van der Waals surface area contributed by atoms with E-state index in [0.29, 0.717) is 11.9 Å². The van der Waals surface area contributed by atoms with Gasteiger partial charge in [-0.25, -0.2) is 9.97 Å². The quantitative estimate of drug-likeness (QED) is 0.785. The van der Waals surface area contributed by atoms with Gasteiger partial charge in [0.25, 0.3) is 0 Å². The number of rotatable bonds is 4. The average molecular weight is 209 g/mol. The lowest BCUT2D eigenvalue weighted by atomic mass is 10.1. The molecule has 1 atom stereocenters. The van der Waals surface area contributed by atoms with Gasteiger partial charge >= 0.3 is 5.97 Å². The van der Waals surface area contributed by atoms with Gasteiger partial charge in [-0.1, -0.05) is 13.8 Å². The van der Waals surface area contributed by atoms with Gasteiger partial charge in [0.1, 0.15) is 6.04 Å². The van der Waals surface area contributed by atoms with E-state index in [0.717, 1.165) is 5.56 Å². The Kier molecular flexibility index (Phi) is 3.60. The molecular weight excluding hydrogens is 194 g/mol. The standard InChI is InChI=1S/C10H15N3O2/c1-6(2)8-4-11-10(12-5-8)13-7(3)9(14)15/h4-7H,1-3H3,(H,14,15)(H,11,12,13). The topological polar surface area (TPSA) is 75.1 Å². The summed E-state index contributed by atoms with van der Waals surface area (Å²) in [5.74, 6) is -0.211. The Morgan fingerprint density at radius 3 is 2.27 bits per heavy atom. The summed E-state index contributed by atoms with van der Waals surface area (Å²) in [5, 5.41) is 11.4. The highest BCUT2D eigenvalue weighted by Gasteiger charge is 2.11. The Bertz CT molecular complexity index is 335. The van der Waals surface area contributed by atoms with E-state index in [1.165, 1.54) is 0 Å². The molecule has 0 fully saturated rings. The Morgan fingerprint density at radius 1 is 1.33 bits per heavy atom. The minimum absolute atomic E-state index is 0.342. The van der Waals surface area contributed by atoms with Crippen LogP contribution in [0.1, 0.15) is 32.3 Å². The first-order chi connectivity index (χ1) is 7.00. The predicted octanol–water partition coefficient (Wildman–Crippen LogP) is 1.48. The second kappa shape index (κ2) is 4.72. The molecule has 0 radical (unpaired) electrons. The summed E-state index contributed by atoms with van der Waals surface area (Å²) in [6, 6.07) is -0.685. The highest BCUT2D eigenvalue weighted by Crippen LogP contribution is 2.12. The first-order valence-electron chi connectivity index (χ1n) is 4.82. The van der Waals surface area contributed by atoms with Crippen molar-refractivity contribution in [2.45, 2.75) is 32.7 Å². The second-order valence-electron chi connectivity index (χ2n) is 3.70. The van der Waals surface area contributed by atoms with Crippen LogP contribution in [0.2, 0.25) is 0 Å². The summed E-state index contributed by atoms with van der Waals surface area (Å²) in [6.45, 7) is 5.64. The van der Waals surface area contributed by atoms with Crippen LogP contribution < -0.4 is 5.32 Å². The van der Waals surface area contributed by atoms with Crippen molar-refractivity contribution in [2.75, 3.05) is 5.32 Å². The molecule has 82 valence electrons. The number of nitrogens with zero attached hydrogens (tertiary/aromatic N) is 2. The van der Waals surface area contributed by atoms with Crippen molar-refractivity contribution < 1.29 is 9.90 Å². The maximum absolute atomic E-state index is 10.6. The monoisotopic (exact) mass is 209 g/mol. The van der Waals surface area contributed by atoms with Gasteiger partial charge in [0.05, 0.1) is 0 Å². The van der Waals surface area contributed by atoms with Crippen molar-refractivity contribution in [2.24, 2.45) is 0 Å². The first-order valence-corrected chi connectivity index (χ1v) is 4.82. The SMILES string of the molecule is CC(Nc1ncc(C(C)C)cn1)C(=O)O. The number of hydrogen-bond acceptors (Lipinski definition) is 4. The largest absolute Gasteiger partial charge is 0.480 e. The number of hydrogen-bond donors (Lipinski definition) is 2. The maximum Gasteiger partial charge on any atom is 0.325 e. The van der Waals surface area contributed by atoms with Crippen LogP contribution in [-0.2, 0) is 4.79 Å². The molecule has 0 amide bonds. The molecule has 1 aromatic heterocycles. The van der Waals surface area contributed by atoms with E-state index >= 15 is 0 Å². The smallest absolute Gasteiger partial charge is 0.325 e. The van der Waals surface area contributed by atoms with Crippen LogP contribution in [0, 0.1) is 0 Å². The van der Waals surface area contributed by atoms with E-state index in [2.05, 4.69) is 15.3 Å². The molecule has 1 aromatic rings. The lowest BCUT2D eigenvalue weighted by Crippen LogP contribution is -2.26. The van der Waals surface area contributed by atoms with E-state index in [4.69, 9.17) is 5.11 Å². The zero-order valence-corrected chi connectivity index (χ0v) is 9.06. The Balaban J connectivity index is 2.68. The number of aromatic nitrogens is 2. The molecular formula is C10H15N3O2. The second-order valence-corrected chi connectivity index (χ2v) is 3.70. The van der Waals surface area contributed by atoms with E-state index in [1.807, 2.05) is 13.8 Å². The molecule has 2 N–H and O–H groups in total. The van der Waals surface area contributed by atoms with Crippen molar-refractivity contribution >= 4 is 11.9 Å². The summed E-state index contributed by atoms with van der Waals surface area (Å²) in [5.41, 5.74) is 1.03. The lowest BCUT2D eigenvalue weighted by molar-refractivity contribution is -0.137. The fraction of sp³-hybridized carbons (Fsp3) is 0.500. The third kappa shape index (κ3) is 3.19. The van der Waals surface area contributed by atoms with Gasteiger partial charge < -0.3 is 10.4 Å². The summed E-state index contributed by atoms with van der Waals surface area (Å²) in [6.07, 6.45) is 3.41. The molecule has 0 saturated heterocycles. The van der Waals surface area contributed by atoms with Crippen LogP contribution in [0.3, 0.4) is 0 Å². The van der Waals surface area contributed by atoms with Crippen LogP contribution in [0.4, 0.5) is 5.95 Å². The minimum atomic E-state index is -0.925. The van der Waals surface area contributed by atoms with Crippen molar-refractivity contribution in [1.82, 2.24) is 9.97 Å². The third-order valence-corrected chi connectivity index (χ3v) is 2.05. The van der Waals surface area contributed by atoms with Gasteiger partial charge in [-0.2, -0.15) is 0 Å². The minimum Gasteiger partial charge on any atom is -0.480 e. The third-order valence-electron chi connectivity index (χ3n) is 2.05. The highest BCUT2D eigenvalue weighted by atomic mass is 16.4. The molecule has 0 aliphatic carbocycles. The Hall–Kier alpha value is -1.65. The van der Waals surface area contributed by atoms with E-state index < -0.39 is 12.0 Å². The fourth-order valence-corrected chi connectivity index (χ4v) is 0.966. The Morgan fingerprint density at radius 2 is 1.87 bits per heavy atom. The molecule has 1 unspecified atom stereocenters. The first kappa shape index (κ1) is 11.4. The zero-order chi connectivity index (χ0) is 11.4. The van der Waals surface area contributed by atoms with Gasteiger partial charge in [-0.15, -0.1) is 0 Å². The van der Waals surface area contributed by atoms with Crippen LogP contribution >= 0.6 is 0 Å². The molecule has 5 nitrogen and oxygen atoms in total. The van der Waals surface area contributed by atoms with Crippen LogP contribution in [0.15, 0.2) is 12.4 Å². The zero-order valence-electron chi connectivity index (χ0n) is 9.06. The van der Waals surface area contributed by atoms with Crippen molar-refractivity contribution in [3.63, 3.8) is 0 Å². The molecule has 0 aromatic carbocycles. The molecule has 0 saturated carbocycles. The molecule has 15 heavy (non-hydrogen) atoms. The molecule has 0 bridgehead atoms. The summed E-state index contributed by atoms with van der Waals surface area (Å²) >= 11 is 0. The number of anilines is 1. The number of carboxylic acid groups (broad SMARTS) is 1. The number of nitrogens with one attached hydrogen (secondary N) is 1. The van der Waals surface area contributed by atoms with E-state index in [1.54, 1.807) is 19.3 Å². The summed E-state index contributed by atoms with van der Waals surface area (Å²) in [4.78, 5) is 18.6. The molecule has 0 aliphatic heterocycles. The summed E-state index contributed by atoms with van der Waals surface area (Å²) < 4.78 is 0. The van der Waals surface area contributed by atoms with Crippen LogP contribution in [-0.4, -0.2) is 27.1 Å². The van der Waals surface area contributed by atoms with Crippen LogP contribution in [0.5, 0.6) is 0 Å². The Labute approximate surface area is 88.6 Å². The predicted molar refractivity (Wildman–Crippen MR) is 56.8 cm³/mol. The van der Waals surface area contributed by atoms with Gasteiger partial charge in [0.15, 0.2) is 0 Å². The summed E-state index contributed by atoms with van der Waals surface area (Å²) in [7, 11) is 0. The van der Waals surface area contributed by atoms with Gasteiger partial charge in [0.2, 0.25) is 5.95 Å². The fourth-order valence-electron chi connectivity index (χ4n) is 0.966. The average Bonchev–Trinajstić information content (AvgIpc) is 2.18. The molecule has 0 aliphatic rings. The lowest BCUT2D eigenvalue weighted by Gasteiger charge is -2.09. The van der Waals surface area contributed by atoms with E-state index in [9.17, 15) is 4.79 Å². The molecule has 5 heteroatoms. The van der Waals surface area contributed by atoms with Gasteiger partial charge in [-0.05, 0) is 18.4 Å². The van der Waals surface area contributed by atoms with Crippen LogP contribution in [0.25, 0.3) is 0 Å². The highest BCUT2D eigenvalue weighted by molar-refractivity contribution is 5.75. The van der Waals surface area contributed by atoms with E-state index in [-0.39, 0.29) is 0 Å². The number of aliphatic carboxylic acids is 1. The van der Waals surface area contributed by atoms with Crippen molar-refractivity contribution in [3.8, 4) is 0 Å². The molecule has 1 rings (SSSR count). The number of carboxylic acids is 1. The van der Waals surface area contributed by atoms with Gasteiger partial charge in [0, 0.05) is 12.4 Å². The maximum atomic E-state index is 10.6.